The molecule has 0 radical (unpaired) electrons. The number of aliphatic carboxylic acids is 1. The molecule has 2 heterocycles. The monoisotopic (exact) mass is 248 g/mol. The number of likely N-dealkylation sites (tertiary alicyclic amines) is 1. The molecule has 98 valence electrons. The number of hydrogen-bond donors (Lipinski definition) is 1. The second kappa shape index (κ2) is 5.48. The lowest BCUT2D eigenvalue weighted by Gasteiger charge is -2.36. The third-order valence-corrected chi connectivity index (χ3v) is 3.82. The minimum Gasteiger partial charge on any atom is -0.480 e. The Bertz CT molecular complexity index is 400. The van der Waals surface area contributed by atoms with Crippen molar-refractivity contribution in [2.45, 2.75) is 38.1 Å². The lowest BCUT2D eigenvalue weighted by Crippen LogP contribution is -2.50. The number of carboxylic acids is 1. The first-order valence-electron chi connectivity index (χ1n) is 6.55. The van der Waals surface area contributed by atoms with Gasteiger partial charge >= 0.3 is 5.97 Å². The minimum absolute atomic E-state index is 0.624. The van der Waals surface area contributed by atoms with Gasteiger partial charge in [-0.2, -0.15) is 0 Å². The van der Waals surface area contributed by atoms with E-state index in [0.717, 1.165) is 25.9 Å². The molecule has 1 atom stereocenters. The van der Waals surface area contributed by atoms with Crippen LogP contribution in [0.15, 0.2) is 24.4 Å². The van der Waals surface area contributed by atoms with Crippen LogP contribution >= 0.6 is 0 Å². The van der Waals surface area contributed by atoms with Crippen molar-refractivity contribution in [1.82, 2.24) is 9.88 Å². The number of rotatable bonds is 3. The van der Waals surface area contributed by atoms with E-state index in [1.54, 1.807) is 19.2 Å². The molecule has 1 N–H and O–H groups in total. The van der Waals surface area contributed by atoms with Crippen LogP contribution in [-0.2, 0) is 10.3 Å². The Morgan fingerprint density at radius 2 is 1.94 bits per heavy atom. The molecule has 1 fully saturated rings. The maximum atomic E-state index is 11.8. The average Bonchev–Trinajstić information content (AvgIpc) is 2.67. The summed E-state index contributed by atoms with van der Waals surface area (Å²) in [6.45, 7) is 3.43. The van der Waals surface area contributed by atoms with Crippen molar-refractivity contribution in [1.29, 1.82) is 0 Å². The highest BCUT2D eigenvalue weighted by atomic mass is 16.4. The molecule has 1 saturated heterocycles. The second-order valence-corrected chi connectivity index (χ2v) is 4.99. The van der Waals surface area contributed by atoms with Gasteiger partial charge < -0.3 is 5.11 Å². The van der Waals surface area contributed by atoms with Crippen LogP contribution in [0.5, 0.6) is 0 Å². The number of pyridine rings is 1. The topological polar surface area (TPSA) is 53.4 Å². The zero-order valence-corrected chi connectivity index (χ0v) is 10.8. The van der Waals surface area contributed by atoms with E-state index in [-0.39, 0.29) is 0 Å². The molecule has 0 spiro atoms. The highest BCUT2D eigenvalue weighted by molar-refractivity contribution is 5.79. The van der Waals surface area contributed by atoms with E-state index in [0.29, 0.717) is 5.69 Å². The first-order valence-corrected chi connectivity index (χ1v) is 6.55. The Labute approximate surface area is 108 Å². The third kappa shape index (κ3) is 2.38. The number of nitrogens with zero attached hydrogens (tertiary/aromatic N) is 2. The maximum absolute atomic E-state index is 11.8. The normalized spacial score (nSPS) is 20.9. The van der Waals surface area contributed by atoms with Crippen molar-refractivity contribution in [3.63, 3.8) is 0 Å². The van der Waals surface area contributed by atoms with Gasteiger partial charge in [0.1, 0.15) is 0 Å². The van der Waals surface area contributed by atoms with E-state index >= 15 is 0 Å². The summed E-state index contributed by atoms with van der Waals surface area (Å²) < 4.78 is 0. The highest BCUT2D eigenvalue weighted by Gasteiger charge is 2.42. The number of aromatic nitrogens is 1. The molecule has 0 aromatic carbocycles. The zero-order valence-electron chi connectivity index (χ0n) is 10.8. The SMILES string of the molecule is CC(C(=O)O)(c1ccccn1)N1CCCCCC1. The maximum Gasteiger partial charge on any atom is 0.330 e. The Balaban J connectivity index is 2.34. The van der Waals surface area contributed by atoms with Gasteiger partial charge in [-0.05, 0) is 45.0 Å². The molecule has 0 bridgehead atoms. The molecule has 0 saturated carbocycles. The zero-order chi connectivity index (χ0) is 13.0. The van der Waals surface area contributed by atoms with E-state index in [4.69, 9.17) is 0 Å². The fraction of sp³-hybridized carbons (Fsp3) is 0.571. The summed E-state index contributed by atoms with van der Waals surface area (Å²) in [6, 6.07) is 5.47. The quantitative estimate of drug-likeness (QED) is 0.891. The predicted octanol–water partition coefficient (Wildman–Crippen LogP) is 2.26. The van der Waals surface area contributed by atoms with Crippen molar-refractivity contribution in [2.75, 3.05) is 13.1 Å². The van der Waals surface area contributed by atoms with Gasteiger partial charge in [0.2, 0.25) is 0 Å². The lowest BCUT2D eigenvalue weighted by molar-refractivity contribution is -0.151. The summed E-state index contributed by atoms with van der Waals surface area (Å²) in [5, 5.41) is 9.65. The Morgan fingerprint density at radius 3 is 2.44 bits per heavy atom. The van der Waals surface area contributed by atoms with Crippen LogP contribution in [-0.4, -0.2) is 34.0 Å². The van der Waals surface area contributed by atoms with Crippen LogP contribution in [0.4, 0.5) is 0 Å². The standard InChI is InChI=1S/C14H20N2O2/c1-14(13(17)18,12-8-4-5-9-15-12)16-10-6-2-3-7-11-16/h4-5,8-9H,2-3,6-7,10-11H2,1H3,(H,17,18). The smallest absolute Gasteiger partial charge is 0.330 e. The van der Waals surface area contributed by atoms with Crippen molar-refractivity contribution in [3.8, 4) is 0 Å². The largest absolute Gasteiger partial charge is 0.480 e. The summed E-state index contributed by atoms with van der Waals surface area (Å²) in [6.07, 6.45) is 6.17. The molecule has 4 nitrogen and oxygen atoms in total. The number of carboxylic acid groups (broad SMARTS) is 1. The second-order valence-electron chi connectivity index (χ2n) is 4.99. The van der Waals surface area contributed by atoms with Crippen molar-refractivity contribution >= 4 is 5.97 Å². The minimum atomic E-state index is -1.01. The number of hydrogen-bond acceptors (Lipinski definition) is 3. The van der Waals surface area contributed by atoms with Crippen LogP contribution in [0.2, 0.25) is 0 Å². The summed E-state index contributed by atoms with van der Waals surface area (Å²) in [5.74, 6) is -0.817. The van der Waals surface area contributed by atoms with Crippen molar-refractivity contribution < 1.29 is 9.90 Å². The summed E-state index contributed by atoms with van der Waals surface area (Å²) >= 11 is 0. The van der Waals surface area contributed by atoms with E-state index in [2.05, 4.69) is 9.88 Å². The average molecular weight is 248 g/mol. The molecule has 1 aliphatic heterocycles. The van der Waals surface area contributed by atoms with E-state index in [1.165, 1.54) is 12.8 Å². The lowest BCUT2D eigenvalue weighted by atomic mass is 9.94. The molecular formula is C14H20N2O2. The molecule has 18 heavy (non-hydrogen) atoms. The summed E-state index contributed by atoms with van der Waals surface area (Å²) in [5.41, 5.74) is -0.384. The molecule has 4 heteroatoms. The molecule has 1 aliphatic rings. The summed E-state index contributed by atoms with van der Waals surface area (Å²) in [7, 11) is 0. The summed E-state index contributed by atoms with van der Waals surface area (Å²) in [4.78, 5) is 18.1. The molecule has 1 unspecified atom stereocenters. The van der Waals surface area contributed by atoms with Crippen LogP contribution in [0, 0.1) is 0 Å². The van der Waals surface area contributed by atoms with E-state index in [9.17, 15) is 9.90 Å². The predicted molar refractivity (Wildman–Crippen MR) is 69.3 cm³/mol. The van der Waals surface area contributed by atoms with E-state index < -0.39 is 11.5 Å². The molecule has 2 rings (SSSR count). The Kier molecular flexibility index (Phi) is 3.97. The van der Waals surface area contributed by atoms with Crippen LogP contribution in [0.1, 0.15) is 38.3 Å². The van der Waals surface area contributed by atoms with Crippen LogP contribution in [0.25, 0.3) is 0 Å². The van der Waals surface area contributed by atoms with Crippen molar-refractivity contribution in [2.24, 2.45) is 0 Å². The van der Waals surface area contributed by atoms with Gasteiger partial charge in [0.25, 0.3) is 0 Å². The van der Waals surface area contributed by atoms with Gasteiger partial charge in [-0.3, -0.25) is 9.88 Å². The first-order chi connectivity index (χ1) is 8.65. The first kappa shape index (κ1) is 13.0. The van der Waals surface area contributed by atoms with Gasteiger partial charge in [-0.1, -0.05) is 18.9 Å². The van der Waals surface area contributed by atoms with Gasteiger partial charge in [0.15, 0.2) is 5.54 Å². The fourth-order valence-corrected chi connectivity index (χ4v) is 2.58. The van der Waals surface area contributed by atoms with Gasteiger partial charge in [0, 0.05) is 6.20 Å². The highest BCUT2D eigenvalue weighted by Crippen LogP contribution is 2.29. The van der Waals surface area contributed by atoms with Crippen LogP contribution < -0.4 is 0 Å². The van der Waals surface area contributed by atoms with Crippen LogP contribution in [0.3, 0.4) is 0 Å². The molecule has 1 aromatic rings. The molecular weight excluding hydrogens is 228 g/mol. The third-order valence-electron chi connectivity index (χ3n) is 3.82. The van der Waals surface area contributed by atoms with E-state index in [1.807, 2.05) is 12.1 Å². The Hall–Kier alpha value is -1.42. The van der Waals surface area contributed by atoms with Crippen molar-refractivity contribution in [3.05, 3.63) is 30.1 Å². The number of carbonyl (C=O) groups is 1. The van der Waals surface area contributed by atoms with Gasteiger partial charge in [-0.15, -0.1) is 0 Å². The van der Waals surface area contributed by atoms with Gasteiger partial charge in [0.05, 0.1) is 5.69 Å². The molecule has 0 aliphatic carbocycles. The molecule has 1 aromatic heterocycles. The fourth-order valence-electron chi connectivity index (χ4n) is 2.58. The van der Waals surface area contributed by atoms with Gasteiger partial charge in [-0.25, -0.2) is 4.79 Å². The Morgan fingerprint density at radius 1 is 1.28 bits per heavy atom. The molecule has 0 amide bonds.